The molecule has 2 aliphatic rings. The number of hydrogen-bond acceptors (Lipinski definition) is 4. The molecule has 3 heterocycles. The summed E-state index contributed by atoms with van der Waals surface area (Å²) >= 11 is 0. The lowest BCUT2D eigenvalue weighted by Gasteiger charge is -2.45. The van der Waals surface area contributed by atoms with Gasteiger partial charge in [-0.05, 0) is 55.9 Å². The number of rotatable bonds is 2. The second-order valence-electron chi connectivity index (χ2n) is 7.58. The van der Waals surface area contributed by atoms with Gasteiger partial charge in [0, 0.05) is 35.9 Å². The van der Waals surface area contributed by atoms with Gasteiger partial charge in [0.2, 0.25) is 0 Å². The zero-order valence-electron chi connectivity index (χ0n) is 15.0. The number of nitrogens with zero attached hydrogens (tertiary/aromatic N) is 4. The van der Waals surface area contributed by atoms with Crippen molar-refractivity contribution in [3.63, 3.8) is 0 Å². The Morgan fingerprint density at radius 1 is 0.885 bits per heavy atom. The summed E-state index contributed by atoms with van der Waals surface area (Å²) in [6.07, 6.45) is 11.7. The second kappa shape index (κ2) is 6.67. The van der Waals surface area contributed by atoms with Crippen LogP contribution < -0.4 is 4.90 Å². The summed E-state index contributed by atoms with van der Waals surface area (Å²) in [5, 5.41) is 1.17. The summed E-state index contributed by atoms with van der Waals surface area (Å²) in [7, 11) is 0. The van der Waals surface area contributed by atoms with Gasteiger partial charge in [-0.25, -0.2) is 9.97 Å². The standard InChI is InChI=1S/C22H24N4/c1-4-12-20-16(7-1)9-6-14-26(20)22-18-10-2-3-11-19(18)24-21(25-22)17-8-5-13-23-15-17/h2-3,5,8,10-11,13,15-16,20H,1,4,6-7,9,12,14H2/t16-,20+/m1/s1. The molecule has 0 N–H and O–H groups in total. The molecule has 1 aliphatic carbocycles. The number of hydrogen-bond donors (Lipinski definition) is 0. The minimum atomic E-state index is 0.637. The van der Waals surface area contributed by atoms with Gasteiger partial charge in [-0.1, -0.05) is 25.0 Å². The third kappa shape index (κ3) is 2.74. The molecule has 26 heavy (non-hydrogen) atoms. The highest BCUT2D eigenvalue weighted by Crippen LogP contribution is 2.39. The smallest absolute Gasteiger partial charge is 0.163 e. The van der Waals surface area contributed by atoms with Crippen LogP contribution in [0, 0.1) is 5.92 Å². The van der Waals surface area contributed by atoms with E-state index in [1.54, 1.807) is 6.20 Å². The molecule has 1 saturated heterocycles. The van der Waals surface area contributed by atoms with Crippen molar-refractivity contribution in [1.29, 1.82) is 0 Å². The molecular weight excluding hydrogens is 320 g/mol. The number of anilines is 1. The van der Waals surface area contributed by atoms with Gasteiger partial charge in [0.25, 0.3) is 0 Å². The number of para-hydroxylation sites is 1. The van der Waals surface area contributed by atoms with Gasteiger partial charge in [-0.2, -0.15) is 0 Å². The van der Waals surface area contributed by atoms with E-state index in [0.717, 1.165) is 35.2 Å². The summed E-state index contributed by atoms with van der Waals surface area (Å²) in [6, 6.07) is 13.1. The van der Waals surface area contributed by atoms with Gasteiger partial charge in [0.1, 0.15) is 5.82 Å². The van der Waals surface area contributed by atoms with Crippen molar-refractivity contribution in [3.8, 4) is 11.4 Å². The molecule has 0 spiro atoms. The molecular formula is C22H24N4. The fraction of sp³-hybridized carbons (Fsp3) is 0.409. The van der Waals surface area contributed by atoms with E-state index in [1.165, 1.54) is 43.9 Å². The molecule has 0 radical (unpaired) electrons. The molecule has 0 unspecified atom stereocenters. The number of pyridine rings is 1. The van der Waals surface area contributed by atoms with Crippen LogP contribution in [0.2, 0.25) is 0 Å². The predicted octanol–water partition coefficient (Wildman–Crippen LogP) is 4.85. The molecule has 2 aromatic heterocycles. The van der Waals surface area contributed by atoms with Gasteiger partial charge < -0.3 is 4.90 Å². The zero-order valence-corrected chi connectivity index (χ0v) is 15.0. The van der Waals surface area contributed by atoms with Crippen LogP contribution in [0.5, 0.6) is 0 Å². The second-order valence-corrected chi connectivity index (χ2v) is 7.58. The molecule has 1 aliphatic heterocycles. The van der Waals surface area contributed by atoms with Crippen molar-refractivity contribution in [3.05, 3.63) is 48.8 Å². The first-order valence-electron chi connectivity index (χ1n) is 9.84. The first-order chi connectivity index (χ1) is 12.9. The van der Waals surface area contributed by atoms with E-state index in [-0.39, 0.29) is 0 Å². The lowest BCUT2D eigenvalue weighted by Crippen LogP contribution is -2.47. The summed E-state index contributed by atoms with van der Waals surface area (Å²) < 4.78 is 0. The highest BCUT2D eigenvalue weighted by Gasteiger charge is 2.34. The average molecular weight is 344 g/mol. The molecule has 2 atom stereocenters. The first kappa shape index (κ1) is 15.7. The van der Waals surface area contributed by atoms with Crippen molar-refractivity contribution in [2.45, 2.75) is 44.6 Å². The van der Waals surface area contributed by atoms with Crippen LogP contribution in [-0.4, -0.2) is 27.5 Å². The van der Waals surface area contributed by atoms with Crippen LogP contribution in [0.1, 0.15) is 38.5 Å². The third-order valence-corrected chi connectivity index (χ3v) is 6.02. The van der Waals surface area contributed by atoms with E-state index in [9.17, 15) is 0 Å². The van der Waals surface area contributed by atoms with Crippen LogP contribution >= 0.6 is 0 Å². The Balaban J connectivity index is 1.66. The summed E-state index contributed by atoms with van der Waals surface area (Å²) in [6.45, 7) is 1.11. The summed E-state index contributed by atoms with van der Waals surface area (Å²) in [4.78, 5) is 16.7. The topological polar surface area (TPSA) is 41.9 Å². The molecule has 4 nitrogen and oxygen atoms in total. The van der Waals surface area contributed by atoms with E-state index >= 15 is 0 Å². The van der Waals surface area contributed by atoms with Gasteiger partial charge in [-0.15, -0.1) is 0 Å². The van der Waals surface area contributed by atoms with Crippen LogP contribution in [-0.2, 0) is 0 Å². The predicted molar refractivity (Wildman–Crippen MR) is 105 cm³/mol. The molecule has 0 amide bonds. The van der Waals surface area contributed by atoms with E-state index in [4.69, 9.17) is 9.97 Å². The summed E-state index contributed by atoms with van der Waals surface area (Å²) in [5.74, 6) is 2.73. The van der Waals surface area contributed by atoms with Crippen molar-refractivity contribution >= 4 is 16.7 Å². The maximum atomic E-state index is 5.06. The normalized spacial score (nSPS) is 23.0. The summed E-state index contributed by atoms with van der Waals surface area (Å²) in [5.41, 5.74) is 2.01. The molecule has 4 heteroatoms. The lowest BCUT2D eigenvalue weighted by atomic mass is 9.78. The molecule has 0 bridgehead atoms. The Morgan fingerprint density at radius 3 is 2.69 bits per heavy atom. The molecule has 2 fully saturated rings. The van der Waals surface area contributed by atoms with Crippen molar-refractivity contribution in [2.75, 3.05) is 11.4 Å². The van der Waals surface area contributed by atoms with Gasteiger partial charge in [0.15, 0.2) is 5.82 Å². The van der Waals surface area contributed by atoms with Crippen LogP contribution in [0.4, 0.5) is 5.82 Å². The van der Waals surface area contributed by atoms with E-state index < -0.39 is 0 Å². The fourth-order valence-electron chi connectivity index (χ4n) is 4.79. The Morgan fingerprint density at radius 2 is 1.77 bits per heavy atom. The van der Waals surface area contributed by atoms with E-state index in [0.29, 0.717) is 6.04 Å². The fourth-order valence-corrected chi connectivity index (χ4v) is 4.79. The molecule has 3 aromatic rings. The lowest BCUT2D eigenvalue weighted by molar-refractivity contribution is 0.243. The van der Waals surface area contributed by atoms with Gasteiger partial charge in [-0.3, -0.25) is 4.98 Å². The largest absolute Gasteiger partial charge is 0.353 e. The van der Waals surface area contributed by atoms with Crippen LogP contribution in [0.25, 0.3) is 22.3 Å². The first-order valence-corrected chi connectivity index (χ1v) is 9.84. The minimum absolute atomic E-state index is 0.637. The Labute approximate surface area is 154 Å². The maximum absolute atomic E-state index is 5.06. The van der Waals surface area contributed by atoms with Crippen LogP contribution in [0.3, 0.4) is 0 Å². The zero-order chi connectivity index (χ0) is 17.3. The Hall–Kier alpha value is -2.49. The third-order valence-electron chi connectivity index (χ3n) is 6.02. The van der Waals surface area contributed by atoms with Crippen molar-refractivity contribution in [2.24, 2.45) is 5.92 Å². The number of benzene rings is 1. The number of piperidine rings is 1. The number of fused-ring (bicyclic) bond motifs is 2. The quantitative estimate of drug-likeness (QED) is 0.666. The maximum Gasteiger partial charge on any atom is 0.163 e. The average Bonchev–Trinajstić information content (AvgIpc) is 2.73. The van der Waals surface area contributed by atoms with Crippen molar-refractivity contribution in [1.82, 2.24) is 15.0 Å². The van der Waals surface area contributed by atoms with E-state index in [2.05, 4.69) is 34.1 Å². The Bertz CT molecular complexity index is 906. The SMILES string of the molecule is c1cncc(-c2nc(N3CCC[C@H]4CCCC[C@@H]43)c3ccccc3n2)c1. The molecule has 132 valence electrons. The van der Waals surface area contributed by atoms with Gasteiger partial charge in [0.05, 0.1) is 5.52 Å². The molecule has 1 aromatic carbocycles. The molecule has 1 saturated carbocycles. The van der Waals surface area contributed by atoms with E-state index in [1.807, 2.05) is 18.3 Å². The highest BCUT2D eigenvalue weighted by molar-refractivity contribution is 5.91. The van der Waals surface area contributed by atoms with Crippen molar-refractivity contribution < 1.29 is 0 Å². The molecule has 5 rings (SSSR count). The monoisotopic (exact) mass is 344 g/mol. The number of aromatic nitrogens is 3. The highest BCUT2D eigenvalue weighted by atomic mass is 15.2. The van der Waals surface area contributed by atoms with Gasteiger partial charge >= 0.3 is 0 Å². The Kier molecular flexibility index (Phi) is 4.04. The minimum Gasteiger partial charge on any atom is -0.353 e. The van der Waals surface area contributed by atoms with Crippen LogP contribution in [0.15, 0.2) is 48.8 Å².